The van der Waals surface area contributed by atoms with Gasteiger partial charge in [0.2, 0.25) is 5.95 Å². The van der Waals surface area contributed by atoms with Gasteiger partial charge in [0.1, 0.15) is 5.69 Å². The first-order chi connectivity index (χ1) is 9.88. The molecule has 5 nitrogen and oxygen atoms in total. The summed E-state index contributed by atoms with van der Waals surface area (Å²) >= 11 is 5.76. The van der Waals surface area contributed by atoms with Crippen LogP contribution in [0.2, 0.25) is 5.02 Å². The van der Waals surface area contributed by atoms with E-state index in [1.54, 1.807) is 6.92 Å². The summed E-state index contributed by atoms with van der Waals surface area (Å²) < 4.78 is 26.3. The smallest absolute Gasteiger partial charge is 0.264 e. The van der Waals surface area contributed by atoms with Crippen LogP contribution in [0.25, 0.3) is 17.3 Å². The Bertz CT molecular complexity index is 699. The molecule has 21 heavy (non-hydrogen) atoms. The summed E-state index contributed by atoms with van der Waals surface area (Å²) in [5.41, 5.74) is 11.9. The molecule has 0 spiro atoms. The average molecular weight is 312 g/mol. The van der Waals surface area contributed by atoms with Gasteiger partial charge in [-0.05, 0) is 25.1 Å². The monoisotopic (exact) mass is 311 g/mol. The lowest BCUT2D eigenvalue weighted by atomic mass is 10.0. The Morgan fingerprint density at radius 3 is 2.67 bits per heavy atom. The normalized spacial score (nSPS) is 12.0. The number of anilines is 1. The van der Waals surface area contributed by atoms with Crippen LogP contribution in [-0.2, 0) is 0 Å². The predicted molar refractivity (Wildman–Crippen MR) is 77.5 cm³/mol. The number of hydrogen-bond donors (Lipinski definition) is 2. The number of rotatable bonds is 3. The number of alkyl halides is 2. The summed E-state index contributed by atoms with van der Waals surface area (Å²) in [5, 5.41) is 7.68. The molecular formula is C13H12ClF2N5. The van der Waals surface area contributed by atoms with Crippen molar-refractivity contribution in [1.82, 2.24) is 15.2 Å². The van der Waals surface area contributed by atoms with Gasteiger partial charge in [-0.15, -0.1) is 10.2 Å². The predicted octanol–water partition coefficient (Wildman–Crippen LogP) is 3.03. The number of aromatic nitrogens is 3. The van der Waals surface area contributed by atoms with E-state index in [1.807, 2.05) is 0 Å². The SMILES string of the molecule is CC(N)=Cc1nc(N)nnc1-c1ccc(Cl)cc1C(F)F. The number of halogens is 3. The average Bonchev–Trinajstić information content (AvgIpc) is 2.38. The second kappa shape index (κ2) is 6.01. The molecule has 0 amide bonds. The van der Waals surface area contributed by atoms with Crippen LogP contribution in [-0.4, -0.2) is 15.2 Å². The van der Waals surface area contributed by atoms with Crippen molar-refractivity contribution in [2.45, 2.75) is 13.3 Å². The van der Waals surface area contributed by atoms with Crippen LogP contribution >= 0.6 is 11.6 Å². The van der Waals surface area contributed by atoms with Crippen molar-refractivity contribution < 1.29 is 8.78 Å². The Kier molecular flexibility index (Phi) is 4.32. The summed E-state index contributed by atoms with van der Waals surface area (Å²) in [4.78, 5) is 3.98. The fourth-order valence-electron chi connectivity index (χ4n) is 1.79. The summed E-state index contributed by atoms with van der Waals surface area (Å²) in [5.74, 6) is -0.0705. The minimum atomic E-state index is -2.71. The summed E-state index contributed by atoms with van der Waals surface area (Å²) in [6, 6.07) is 4.11. The van der Waals surface area contributed by atoms with Gasteiger partial charge >= 0.3 is 0 Å². The molecule has 0 aliphatic heterocycles. The van der Waals surface area contributed by atoms with E-state index < -0.39 is 6.43 Å². The van der Waals surface area contributed by atoms with E-state index in [-0.39, 0.29) is 33.5 Å². The van der Waals surface area contributed by atoms with E-state index in [2.05, 4.69) is 15.2 Å². The van der Waals surface area contributed by atoms with E-state index in [4.69, 9.17) is 23.1 Å². The molecule has 0 saturated carbocycles. The Morgan fingerprint density at radius 2 is 2.05 bits per heavy atom. The van der Waals surface area contributed by atoms with Crippen LogP contribution in [0, 0.1) is 0 Å². The molecule has 4 N–H and O–H groups in total. The lowest BCUT2D eigenvalue weighted by Crippen LogP contribution is -2.05. The van der Waals surface area contributed by atoms with Gasteiger partial charge in [0.25, 0.3) is 6.43 Å². The highest BCUT2D eigenvalue weighted by Gasteiger charge is 2.19. The van der Waals surface area contributed by atoms with Crippen molar-refractivity contribution in [3.8, 4) is 11.3 Å². The van der Waals surface area contributed by atoms with Crippen molar-refractivity contribution in [2.75, 3.05) is 5.73 Å². The highest BCUT2D eigenvalue weighted by atomic mass is 35.5. The van der Waals surface area contributed by atoms with Crippen molar-refractivity contribution in [2.24, 2.45) is 5.73 Å². The van der Waals surface area contributed by atoms with Gasteiger partial charge in [-0.2, -0.15) is 0 Å². The third-order valence-corrected chi connectivity index (χ3v) is 2.83. The number of nitrogens with two attached hydrogens (primary N) is 2. The Morgan fingerprint density at radius 1 is 1.33 bits per heavy atom. The summed E-state index contributed by atoms with van der Waals surface area (Å²) in [7, 11) is 0. The van der Waals surface area contributed by atoms with Crippen molar-refractivity contribution in [1.29, 1.82) is 0 Å². The van der Waals surface area contributed by atoms with Crippen LogP contribution in [0.5, 0.6) is 0 Å². The minimum absolute atomic E-state index is 0.0705. The number of hydrogen-bond acceptors (Lipinski definition) is 5. The van der Waals surface area contributed by atoms with E-state index in [9.17, 15) is 8.78 Å². The summed E-state index contributed by atoms with van der Waals surface area (Å²) in [6.45, 7) is 1.64. The highest BCUT2D eigenvalue weighted by molar-refractivity contribution is 6.30. The van der Waals surface area contributed by atoms with Gasteiger partial charge in [-0.3, -0.25) is 0 Å². The molecule has 0 fully saturated rings. The molecule has 0 saturated heterocycles. The van der Waals surface area contributed by atoms with Gasteiger partial charge in [0.05, 0.1) is 5.69 Å². The van der Waals surface area contributed by atoms with Crippen molar-refractivity contribution in [3.05, 3.63) is 40.2 Å². The molecule has 110 valence electrons. The Hall–Kier alpha value is -2.28. The zero-order valence-corrected chi connectivity index (χ0v) is 11.8. The molecule has 1 aromatic carbocycles. The first-order valence-electron chi connectivity index (χ1n) is 5.90. The largest absolute Gasteiger partial charge is 0.402 e. The van der Waals surface area contributed by atoms with Crippen molar-refractivity contribution in [3.63, 3.8) is 0 Å². The van der Waals surface area contributed by atoms with Crippen LogP contribution in [0.4, 0.5) is 14.7 Å². The second-order valence-electron chi connectivity index (χ2n) is 4.32. The summed E-state index contributed by atoms with van der Waals surface area (Å²) in [6.07, 6.45) is -1.22. The van der Waals surface area contributed by atoms with Gasteiger partial charge in [0.15, 0.2) is 0 Å². The second-order valence-corrected chi connectivity index (χ2v) is 4.76. The van der Waals surface area contributed by atoms with Gasteiger partial charge in [0, 0.05) is 21.8 Å². The molecule has 8 heteroatoms. The van der Waals surface area contributed by atoms with Gasteiger partial charge in [-0.1, -0.05) is 17.7 Å². The maximum atomic E-state index is 13.2. The molecular weight excluding hydrogens is 300 g/mol. The molecule has 0 radical (unpaired) electrons. The van der Waals surface area contributed by atoms with Gasteiger partial charge < -0.3 is 11.5 Å². The Labute approximate surface area is 124 Å². The van der Waals surface area contributed by atoms with Crippen LogP contribution in [0.15, 0.2) is 23.9 Å². The molecule has 0 unspecified atom stereocenters. The third-order valence-electron chi connectivity index (χ3n) is 2.60. The lowest BCUT2D eigenvalue weighted by molar-refractivity contribution is 0.152. The highest BCUT2D eigenvalue weighted by Crippen LogP contribution is 2.33. The van der Waals surface area contributed by atoms with Gasteiger partial charge in [-0.25, -0.2) is 13.8 Å². The quantitative estimate of drug-likeness (QED) is 0.909. The number of allylic oxidation sites excluding steroid dienone is 1. The minimum Gasteiger partial charge on any atom is -0.402 e. The number of nitrogen functional groups attached to an aromatic ring is 1. The molecule has 1 aromatic heterocycles. The number of nitrogens with zero attached hydrogens (tertiary/aromatic N) is 3. The molecule has 1 heterocycles. The zero-order valence-electron chi connectivity index (χ0n) is 11.0. The van der Waals surface area contributed by atoms with Crippen LogP contribution < -0.4 is 11.5 Å². The van der Waals surface area contributed by atoms with Crippen molar-refractivity contribution >= 4 is 23.6 Å². The molecule has 2 aromatic rings. The third kappa shape index (κ3) is 3.43. The fraction of sp³-hybridized carbons (Fsp3) is 0.154. The molecule has 0 atom stereocenters. The topological polar surface area (TPSA) is 90.7 Å². The van der Waals surface area contributed by atoms with E-state index in [1.165, 1.54) is 24.3 Å². The zero-order chi connectivity index (χ0) is 15.6. The van der Waals surface area contributed by atoms with E-state index in [0.717, 1.165) is 0 Å². The van der Waals surface area contributed by atoms with Crippen LogP contribution in [0.1, 0.15) is 24.6 Å². The molecule has 2 rings (SSSR count). The number of benzene rings is 1. The molecule has 0 bridgehead atoms. The lowest BCUT2D eigenvalue weighted by Gasteiger charge is -2.10. The van der Waals surface area contributed by atoms with E-state index >= 15 is 0 Å². The maximum Gasteiger partial charge on any atom is 0.264 e. The standard InChI is InChI=1S/C13H12ClF2N5/c1-6(17)4-10-11(20-21-13(18)19-10)8-3-2-7(14)5-9(8)12(15)16/h2-5,12H,17H2,1H3,(H2,18,19,21). The van der Waals surface area contributed by atoms with Crippen LogP contribution in [0.3, 0.4) is 0 Å². The first-order valence-corrected chi connectivity index (χ1v) is 6.28. The maximum absolute atomic E-state index is 13.2. The Balaban J connectivity index is 2.70. The molecule has 0 aliphatic carbocycles. The van der Waals surface area contributed by atoms with E-state index in [0.29, 0.717) is 5.70 Å². The molecule has 0 aliphatic rings. The first kappa shape index (κ1) is 15.1. The fourth-order valence-corrected chi connectivity index (χ4v) is 1.97.